The number of nitrogens with zero attached hydrogens (tertiary/aromatic N) is 2. The molecular weight excluding hydrogens is 208 g/mol. The Morgan fingerprint density at radius 2 is 2.31 bits per heavy atom. The van der Waals surface area contributed by atoms with Crippen LogP contribution in [0.15, 0.2) is 18.3 Å². The van der Waals surface area contributed by atoms with Crippen molar-refractivity contribution in [2.45, 2.75) is 6.42 Å². The molecule has 2 rings (SSSR count). The Labute approximate surface area is 93.7 Å². The summed E-state index contributed by atoms with van der Waals surface area (Å²) in [7, 11) is 0. The maximum absolute atomic E-state index is 12.0. The molecule has 5 nitrogen and oxygen atoms in total. The van der Waals surface area contributed by atoms with E-state index in [0.717, 1.165) is 6.42 Å². The Morgan fingerprint density at radius 3 is 3.12 bits per heavy atom. The highest BCUT2D eigenvalue weighted by Gasteiger charge is 2.20. The Hall–Kier alpha value is -1.62. The molecule has 1 aliphatic rings. The molecule has 1 aromatic heterocycles. The van der Waals surface area contributed by atoms with Crippen molar-refractivity contribution in [1.82, 2.24) is 9.88 Å². The van der Waals surface area contributed by atoms with Gasteiger partial charge in [-0.1, -0.05) is 0 Å². The minimum absolute atomic E-state index is 0.0716. The van der Waals surface area contributed by atoms with Gasteiger partial charge in [-0.2, -0.15) is 0 Å². The Balaban J connectivity index is 2.14. The molecule has 1 aliphatic heterocycles. The van der Waals surface area contributed by atoms with Gasteiger partial charge in [-0.25, -0.2) is 4.98 Å². The summed E-state index contributed by atoms with van der Waals surface area (Å²) in [5, 5.41) is 9.54. The minimum atomic E-state index is -0.233. The lowest BCUT2D eigenvalue weighted by Crippen LogP contribution is -2.33. The summed E-state index contributed by atoms with van der Waals surface area (Å²) >= 11 is 0. The van der Waals surface area contributed by atoms with E-state index >= 15 is 0 Å². The Morgan fingerprint density at radius 1 is 1.44 bits per heavy atom. The zero-order valence-electron chi connectivity index (χ0n) is 8.93. The van der Waals surface area contributed by atoms with E-state index in [-0.39, 0.29) is 17.4 Å². The molecule has 2 heterocycles. The zero-order chi connectivity index (χ0) is 11.4. The smallest absolute Gasteiger partial charge is 0.276 e. The number of aromatic hydroxyl groups is 1. The molecule has 16 heavy (non-hydrogen) atoms. The molecule has 0 saturated carbocycles. The number of aromatic nitrogens is 1. The van der Waals surface area contributed by atoms with Crippen LogP contribution in [0.5, 0.6) is 5.75 Å². The molecule has 5 heteroatoms. The number of hydrogen-bond acceptors (Lipinski definition) is 4. The first-order valence-corrected chi connectivity index (χ1v) is 5.30. The second-order valence-electron chi connectivity index (χ2n) is 3.63. The van der Waals surface area contributed by atoms with Crippen LogP contribution in [0.3, 0.4) is 0 Å². The summed E-state index contributed by atoms with van der Waals surface area (Å²) in [6.45, 7) is 2.42. The fourth-order valence-corrected chi connectivity index (χ4v) is 1.66. The van der Waals surface area contributed by atoms with E-state index in [2.05, 4.69) is 4.98 Å². The van der Waals surface area contributed by atoms with Crippen molar-refractivity contribution in [3.63, 3.8) is 0 Å². The third-order valence-corrected chi connectivity index (χ3v) is 2.50. The Bertz CT molecular complexity index is 373. The summed E-state index contributed by atoms with van der Waals surface area (Å²) in [5.41, 5.74) is 0.115. The van der Waals surface area contributed by atoms with Crippen molar-refractivity contribution in [2.24, 2.45) is 0 Å². The van der Waals surface area contributed by atoms with Crippen molar-refractivity contribution >= 4 is 5.91 Å². The third-order valence-electron chi connectivity index (χ3n) is 2.50. The van der Waals surface area contributed by atoms with Crippen LogP contribution in [0.25, 0.3) is 0 Å². The van der Waals surface area contributed by atoms with Crippen LogP contribution in [0.1, 0.15) is 16.9 Å². The molecule has 0 aromatic carbocycles. The number of carbonyl (C=O) groups excluding carboxylic acids is 1. The van der Waals surface area contributed by atoms with Gasteiger partial charge >= 0.3 is 0 Å². The fourth-order valence-electron chi connectivity index (χ4n) is 1.66. The molecule has 0 radical (unpaired) electrons. The van der Waals surface area contributed by atoms with Crippen LogP contribution in [0.4, 0.5) is 0 Å². The van der Waals surface area contributed by atoms with Gasteiger partial charge in [0, 0.05) is 25.9 Å². The number of pyridine rings is 1. The molecule has 1 amide bonds. The highest BCUT2D eigenvalue weighted by Crippen LogP contribution is 2.15. The van der Waals surface area contributed by atoms with E-state index in [1.807, 2.05) is 0 Å². The van der Waals surface area contributed by atoms with E-state index in [0.29, 0.717) is 26.3 Å². The lowest BCUT2D eigenvalue weighted by molar-refractivity contribution is 0.0732. The van der Waals surface area contributed by atoms with Gasteiger partial charge in [-0.05, 0) is 18.6 Å². The van der Waals surface area contributed by atoms with Crippen molar-refractivity contribution in [3.05, 3.63) is 24.0 Å². The summed E-state index contributed by atoms with van der Waals surface area (Å²) in [5.74, 6) is -0.304. The summed E-state index contributed by atoms with van der Waals surface area (Å²) in [6, 6.07) is 3.06. The molecule has 0 bridgehead atoms. The summed E-state index contributed by atoms with van der Waals surface area (Å²) in [4.78, 5) is 17.6. The van der Waals surface area contributed by atoms with Crippen LogP contribution in [-0.2, 0) is 4.74 Å². The minimum Gasteiger partial charge on any atom is -0.505 e. The van der Waals surface area contributed by atoms with Crippen molar-refractivity contribution in [3.8, 4) is 5.75 Å². The topological polar surface area (TPSA) is 62.7 Å². The number of hydrogen-bond donors (Lipinski definition) is 1. The normalized spacial score (nSPS) is 16.9. The van der Waals surface area contributed by atoms with Gasteiger partial charge in [-0.15, -0.1) is 0 Å². The summed E-state index contributed by atoms with van der Waals surface area (Å²) < 4.78 is 5.26. The molecule has 1 aromatic rings. The van der Waals surface area contributed by atoms with Crippen molar-refractivity contribution in [1.29, 1.82) is 0 Å². The van der Waals surface area contributed by atoms with Gasteiger partial charge in [0.1, 0.15) is 5.75 Å². The first-order valence-electron chi connectivity index (χ1n) is 5.30. The molecule has 86 valence electrons. The molecule has 1 fully saturated rings. The predicted molar refractivity (Wildman–Crippen MR) is 57.2 cm³/mol. The van der Waals surface area contributed by atoms with Crippen molar-refractivity contribution < 1.29 is 14.6 Å². The van der Waals surface area contributed by atoms with Gasteiger partial charge in [0.25, 0.3) is 5.91 Å². The van der Waals surface area contributed by atoms with Crippen LogP contribution in [0, 0.1) is 0 Å². The van der Waals surface area contributed by atoms with Gasteiger partial charge in [-0.3, -0.25) is 4.79 Å². The summed E-state index contributed by atoms with van der Waals surface area (Å²) in [6.07, 6.45) is 2.32. The number of rotatable bonds is 1. The molecule has 0 atom stereocenters. The number of ether oxygens (including phenoxy) is 1. The molecule has 0 unspecified atom stereocenters. The van der Waals surface area contributed by atoms with E-state index in [4.69, 9.17) is 4.74 Å². The van der Waals surface area contributed by atoms with Gasteiger partial charge in [0.15, 0.2) is 5.69 Å². The van der Waals surface area contributed by atoms with Crippen LogP contribution < -0.4 is 0 Å². The Kier molecular flexibility index (Phi) is 3.36. The first kappa shape index (κ1) is 10.9. The largest absolute Gasteiger partial charge is 0.505 e. The lowest BCUT2D eigenvalue weighted by Gasteiger charge is -2.19. The molecule has 0 spiro atoms. The van der Waals surface area contributed by atoms with Gasteiger partial charge < -0.3 is 14.7 Å². The maximum atomic E-state index is 12.0. The highest BCUT2D eigenvalue weighted by atomic mass is 16.5. The molecule has 1 N–H and O–H groups in total. The second-order valence-corrected chi connectivity index (χ2v) is 3.63. The average Bonchev–Trinajstić information content (AvgIpc) is 2.57. The van der Waals surface area contributed by atoms with E-state index < -0.39 is 0 Å². The van der Waals surface area contributed by atoms with Crippen LogP contribution >= 0.6 is 0 Å². The lowest BCUT2D eigenvalue weighted by atomic mass is 10.2. The maximum Gasteiger partial charge on any atom is 0.276 e. The highest BCUT2D eigenvalue weighted by molar-refractivity contribution is 5.94. The third kappa shape index (κ3) is 2.30. The van der Waals surface area contributed by atoms with E-state index in [1.165, 1.54) is 12.3 Å². The van der Waals surface area contributed by atoms with Crippen molar-refractivity contribution in [2.75, 3.05) is 26.3 Å². The van der Waals surface area contributed by atoms with Gasteiger partial charge in [0.2, 0.25) is 0 Å². The standard InChI is InChI=1S/C11H14N2O3/c14-9-3-1-4-12-10(9)11(15)13-5-2-7-16-8-6-13/h1,3-4,14H,2,5-8H2. The SMILES string of the molecule is O=C(c1ncccc1O)N1CCCOCC1. The molecule has 1 saturated heterocycles. The van der Waals surface area contributed by atoms with Crippen LogP contribution in [0.2, 0.25) is 0 Å². The average molecular weight is 222 g/mol. The monoisotopic (exact) mass is 222 g/mol. The number of carbonyl (C=O) groups is 1. The predicted octanol–water partition coefficient (Wildman–Crippen LogP) is 0.650. The number of amides is 1. The zero-order valence-corrected chi connectivity index (χ0v) is 8.93. The first-order chi connectivity index (χ1) is 7.79. The van der Waals surface area contributed by atoms with Gasteiger partial charge in [0.05, 0.1) is 6.61 Å². The molecular formula is C11H14N2O3. The fraction of sp³-hybridized carbons (Fsp3) is 0.455. The quantitative estimate of drug-likeness (QED) is 0.757. The second kappa shape index (κ2) is 4.94. The van der Waals surface area contributed by atoms with E-state index in [1.54, 1.807) is 11.0 Å². The molecule has 0 aliphatic carbocycles. The van der Waals surface area contributed by atoms with E-state index in [9.17, 15) is 9.90 Å². The van der Waals surface area contributed by atoms with Crippen LogP contribution in [-0.4, -0.2) is 47.2 Å².